The molecule has 13 heteroatoms. The number of hydrogen-bond donors (Lipinski definition) is 1. The molecule has 1 atom stereocenters. The Morgan fingerprint density at radius 3 is 2.61 bits per heavy atom. The molecule has 1 aromatic heterocycles. The standard InChI is InChI=1S/C31H38F3N7O3/c1-21-17-24(31(32,33)34)23(18-35)29(36-21)37-25-12-15-40(27-10-6-5-9-26(27)39(4)30(25)43)14-8-16-44-22-19-41(20-22)28(42)11-7-13-38(2)3/h5-7,9-11,17,22,25H,8,12-16,19-20H2,1-4H3,(H,36,37)/b11-7+. The number of para-hydroxylation sites is 2. The second-order valence-electron chi connectivity index (χ2n) is 11.3. The minimum absolute atomic E-state index is 0.0177. The molecule has 2 aliphatic heterocycles. The summed E-state index contributed by atoms with van der Waals surface area (Å²) in [6.07, 6.45) is -0.389. The van der Waals surface area contributed by atoms with Crippen LogP contribution >= 0.6 is 0 Å². The third-order valence-corrected chi connectivity index (χ3v) is 7.59. The first-order valence-corrected chi connectivity index (χ1v) is 14.5. The minimum Gasteiger partial charge on any atom is -0.374 e. The topological polar surface area (TPSA) is 105 Å². The van der Waals surface area contributed by atoms with Crippen molar-refractivity contribution in [3.8, 4) is 6.07 Å². The lowest BCUT2D eigenvalue weighted by Crippen LogP contribution is -2.54. The highest BCUT2D eigenvalue weighted by molar-refractivity contribution is 6.01. The van der Waals surface area contributed by atoms with Crippen molar-refractivity contribution in [2.24, 2.45) is 0 Å². The van der Waals surface area contributed by atoms with E-state index in [0.29, 0.717) is 51.4 Å². The maximum absolute atomic E-state index is 13.7. The Hall–Kier alpha value is -4.15. The Bertz CT molecular complexity index is 1420. The fourth-order valence-electron chi connectivity index (χ4n) is 5.24. The molecule has 4 rings (SSSR count). The van der Waals surface area contributed by atoms with Crippen LogP contribution in [0.15, 0.2) is 42.5 Å². The second-order valence-corrected chi connectivity index (χ2v) is 11.3. The van der Waals surface area contributed by atoms with E-state index in [0.717, 1.165) is 11.8 Å². The van der Waals surface area contributed by atoms with Gasteiger partial charge in [0.1, 0.15) is 23.5 Å². The fourth-order valence-corrected chi connectivity index (χ4v) is 5.24. The number of benzene rings is 1. The number of nitrogens with one attached hydrogen (secondary N) is 1. The Kier molecular flexibility index (Phi) is 10.5. The molecule has 1 unspecified atom stereocenters. The first kappa shape index (κ1) is 32.8. The summed E-state index contributed by atoms with van der Waals surface area (Å²) in [5, 5.41) is 12.4. The van der Waals surface area contributed by atoms with Crippen LogP contribution in [0.4, 0.5) is 30.4 Å². The normalized spacial score (nSPS) is 17.8. The average molecular weight is 614 g/mol. The zero-order chi connectivity index (χ0) is 32.0. The minimum atomic E-state index is -4.75. The highest BCUT2D eigenvalue weighted by Gasteiger charge is 2.37. The number of carbonyl (C=O) groups is 2. The van der Waals surface area contributed by atoms with Gasteiger partial charge in [0, 0.05) is 58.1 Å². The molecule has 0 bridgehead atoms. The molecule has 1 fully saturated rings. The molecular weight excluding hydrogens is 575 g/mol. The van der Waals surface area contributed by atoms with Gasteiger partial charge >= 0.3 is 6.18 Å². The zero-order valence-electron chi connectivity index (χ0n) is 25.4. The number of pyridine rings is 1. The lowest BCUT2D eigenvalue weighted by Gasteiger charge is -2.38. The fraction of sp³-hybridized carbons (Fsp3) is 0.484. The monoisotopic (exact) mass is 613 g/mol. The summed E-state index contributed by atoms with van der Waals surface area (Å²) in [6, 6.07) is 8.99. The number of nitrogens with zero attached hydrogens (tertiary/aromatic N) is 6. The molecule has 1 aromatic carbocycles. The van der Waals surface area contributed by atoms with E-state index in [-0.39, 0.29) is 35.9 Å². The van der Waals surface area contributed by atoms with Crippen molar-refractivity contribution < 1.29 is 27.5 Å². The molecule has 2 aliphatic rings. The van der Waals surface area contributed by atoms with E-state index in [9.17, 15) is 28.0 Å². The average Bonchev–Trinajstić information content (AvgIpc) is 2.94. The Balaban J connectivity index is 1.40. The smallest absolute Gasteiger partial charge is 0.374 e. The van der Waals surface area contributed by atoms with E-state index >= 15 is 0 Å². The van der Waals surface area contributed by atoms with Crippen LogP contribution in [0.5, 0.6) is 0 Å². The predicted molar refractivity (Wildman–Crippen MR) is 161 cm³/mol. The van der Waals surface area contributed by atoms with E-state index in [1.54, 1.807) is 24.1 Å². The second kappa shape index (κ2) is 14.1. The number of amides is 2. The zero-order valence-corrected chi connectivity index (χ0v) is 25.4. The van der Waals surface area contributed by atoms with Crippen LogP contribution < -0.4 is 15.1 Å². The van der Waals surface area contributed by atoms with Crippen molar-refractivity contribution in [3.05, 3.63) is 59.3 Å². The molecule has 0 spiro atoms. The number of ether oxygens (including phenoxy) is 1. The van der Waals surface area contributed by atoms with Crippen molar-refractivity contribution in [1.82, 2.24) is 14.8 Å². The largest absolute Gasteiger partial charge is 0.417 e. The van der Waals surface area contributed by atoms with E-state index in [1.165, 1.54) is 11.8 Å². The van der Waals surface area contributed by atoms with Gasteiger partial charge in [0.05, 0.1) is 23.0 Å². The van der Waals surface area contributed by atoms with Gasteiger partial charge in [-0.2, -0.15) is 18.4 Å². The van der Waals surface area contributed by atoms with Crippen LogP contribution in [0.25, 0.3) is 0 Å². The van der Waals surface area contributed by atoms with Crippen LogP contribution in [-0.2, 0) is 20.5 Å². The van der Waals surface area contributed by atoms with Gasteiger partial charge < -0.3 is 29.7 Å². The number of fused-ring (bicyclic) bond motifs is 1. The highest BCUT2D eigenvalue weighted by atomic mass is 19.4. The van der Waals surface area contributed by atoms with E-state index in [2.05, 4.69) is 15.2 Å². The van der Waals surface area contributed by atoms with Crippen LogP contribution in [0.1, 0.15) is 29.7 Å². The van der Waals surface area contributed by atoms with Gasteiger partial charge in [0.2, 0.25) is 11.8 Å². The molecule has 0 radical (unpaired) electrons. The molecule has 1 saturated heterocycles. The van der Waals surface area contributed by atoms with Crippen LogP contribution in [-0.4, -0.2) is 99.2 Å². The first-order valence-electron chi connectivity index (χ1n) is 14.5. The summed E-state index contributed by atoms with van der Waals surface area (Å²) in [5.74, 6) is -0.633. The third kappa shape index (κ3) is 7.86. The summed E-state index contributed by atoms with van der Waals surface area (Å²) in [7, 11) is 5.49. The van der Waals surface area contributed by atoms with E-state index in [4.69, 9.17) is 4.74 Å². The first-order chi connectivity index (χ1) is 20.9. The molecule has 2 aromatic rings. The molecule has 3 heterocycles. The number of carbonyl (C=O) groups excluding carboxylic acids is 2. The summed E-state index contributed by atoms with van der Waals surface area (Å²) in [6.45, 7) is 4.73. The maximum atomic E-state index is 13.7. The number of hydrogen-bond acceptors (Lipinski definition) is 8. The SMILES string of the molecule is Cc1cc(C(F)(F)F)c(C#N)c(NC2CCN(CCCOC3CN(C(=O)/C=C/CN(C)C)C3)c3ccccc3N(C)C2=O)n1. The summed E-state index contributed by atoms with van der Waals surface area (Å²) in [4.78, 5) is 37.2. The van der Waals surface area contributed by atoms with E-state index < -0.39 is 23.3 Å². The molecule has 0 saturated carbocycles. The lowest BCUT2D eigenvalue weighted by atomic mass is 10.0. The number of anilines is 3. The number of likely N-dealkylation sites (tertiary alicyclic amines) is 1. The highest BCUT2D eigenvalue weighted by Crippen LogP contribution is 2.36. The van der Waals surface area contributed by atoms with Gasteiger partial charge in [0.15, 0.2) is 0 Å². The molecule has 1 N–H and O–H groups in total. The summed E-state index contributed by atoms with van der Waals surface area (Å²) in [5.41, 5.74) is -0.132. The molecule has 236 valence electrons. The van der Waals surface area contributed by atoms with Gasteiger partial charge in [-0.15, -0.1) is 0 Å². The van der Waals surface area contributed by atoms with Gasteiger partial charge in [-0.1, -0.05) is 18.2 Å². The Morgan fingerprint density at radius 2 is 1.95 bits per heavy atom. The van der Waals surface area contributed by atoms with Crippen molar-refractivity contribution in [3.63, 3.8) is 0 Å². The predicted octanol–water partition coefficient (Wildman–Crippen LogP) is 3.67. The molecule has 44 heavy (non-hydrogen) atoms. The van der Waals surface area contributed by atoms with Gasteiger partial charge in [-0.05, 0) is 52.1 Å². The number of likely N-dealkylation sites (N-methyl/N-ethyl adjacent to an activating group) is 2. The van der Waals surface area contributed by atoms with Crippen LogP contribution in [0.3, 0.4) is 0 Å². The molecule has 2 amide bonds. The quantitative estimate of drug-likeness (QED) is 0.320. The number of aromatic nitrogens is 1. The van der Waals surface area contributed by atoms with Crippen molar-refractivity contribution in [1.29, 1.82) is 5.26 Å². The lowest BCUT2D eigenvalue weighted by molar-refractivity contribution is -0.139. The van der Waals surface area contributed by atoms with Gasteiger partial charge in [-0.25, -0.2) is 4.98 Å². The third-order valence-electron chi connectivity index (χ3n) is 7.59. The Labute approximate surface area is 255 Å². The van der Waals surface area contributed by atoms with Gasteiger partial charge in [0.25, 0.3) is 0 Å². The van der Waals surface area contributed by atoms with Crippen molar-refractivity contribution in [2.75, 3.05) is 75.6 Å². The van der Waals surface area contributed by atoms with E-state index in [1.807, 2.05) is 49.3 Å². The number of nitriles is 1. The molecular formula is C31H38F3N7O3. The molecule has 0 aliphatic carbocycles. The number of halogens is 3. The number of rotatable bonds is 10. The van der Waals surface area contributed by atoms with Gasteiger partial charge in [-0.3, -0.25) is 9.59 Å². The van der Waals surface area contributed by atoms with Crippen molar-refractivity contribution >= 4 is 29.0 Å². The Morgan fingerprint density at radius 1 is 1.25 bits per heavy atom. The summed E-state index contributed by atoms with van der Waals surface area (Å²) >= 11 is 0. The summed E-state index contributed by atoms with van der Waals surface area (Å²) < 4.78 is 47.0. The number of aryl methyl sites for hydroxylation is 1. The number of alkyl halides is 3. The van der Waals surface area contributed by atoms with Crippen LogP contribution in [0, 0.1) is 18.3 Å². The van der Waals surface area contributed by atoms with Crippen molar-refractivity contribution in [2.45, 2.75) is 38.1 Å². The maximum Gasteiger partial charge on any atom is 0.417 e. The van der Waals surface area contributed by atoms with Crippen LogP contribution in [0.2, 0.25) is 0 Å². The molecule has 10 nitrogen and oxygen atoms in total.